The van der Waals surface area contributed by atoms with Crippen LogP contribution in [-0.4, -0.2) is 49.7 Å². The highest BCUT2D eigenvalue weighted by Crippen LogP contribution is 2.35. The molecule has 6 rings (SSSR count). The predicted octanol–water partition coefficient (Wildman–Crippen LogP) is 5.94. The van der Waals surface area contributed by atoms with Crippen LogP contribution in [-0.2, 0) is 16.1 Å². The largest absolute Gasteiger partial charge is 0.484 e. The second kappa shape index (κ2) is 13.9. The molecule has 1 atom stereocenters. The molecule has 2 aromatic heterocycles. The van der Waals surface area contributed by atoms with Crippen molar-refractivity contribution in [3.05, 3.63) is 124 Å². The molecule has 45 heavy (non-hydrogen) atoms. The lowest BCUT2D eigenvalue weighted by molar-refractivity contribution is -0.130. The standard InChI is InChI=1S/C33H29FN6O3S2/c1-22-9-11-23(12-10-22)28-18-27(29-8-5-17-44-29)38-40(28)32(42)21-45-33-37-36-30(39(33)25-15-13-24(34)14-16-25)19-35-31(41)20-43-26-6-3-2-4-7-26/h2-17,28H,18-21H2,1H3,(H,35,41)/t28-/m0/s1. The Bertz CT molecular complexity index is 1790. The zero-order chi connectivity index (χ0) is 31.2. The van der Waals surface area contributed by atoms with E-state index in [2.05, 4.69) is 15.5 Å². The van der Waals surface area contributed by atoms with Gasteiger partial charge < -0.3 is 10.1 Å². The number of para-hydroxylation sites is 1. The Labute approximate surface area is 267 Å². The number of halogens is 1. The lowest BCUT2D eigenvalue weighted by Gasteiger charge is -2.22. The minimum atomic E-state index is -0.389. The van der Waals surface area contributed by atoms with Crippen LogP contribution in [0.1, 0.15) is 34.3 Å². The number of amides is 2. The third kappa shape index (κ3) is 7.30. The topological polar surface area (TPSA) is 102 Å². The number of nitrogens with one attached hydrogen (secondary N) is 1. The number of aromatic nitrogens is 3. The number of aryl methyl sites for hydroxylation is 1. The van der Waals surface area contributed by atoms with Gasteiger partial charge in [-0.3, -0.25) is 14.2 Å². The number of hydrazone groups is 1. The van der Waals surface area contributed by atoms with Crippen molar-refractivity contribution in [2.45, 2.75) is 31.1 Å². The quantitative estimate of drug-likeness (QED) is 0.179. The van der Waals surface area contributed by atoms with E-state index >= 15 is 0 Å². The van der Waals surface area contributed by atoms with Gasteiger partial charge in [0.2, 0.25) is 0 Å². The second-order valence-corrected chi connectivity index (χ2v) is 12.2. The summed E-state index contributed by atoms with van der Waals surface area (Å²) in [5.41, 5.74) is 3.62. The van der Waals surface area contributed by atoms with Crippen LogP contribution in [0.3, 0.4) is 0 Å². The number of ether oxygens (including phenoxy) is 1. The number of benzene rings is 3. The normalized spacial score (nSPS) is 14.3. The number of thioether (sulfide) groups is 1. The molecular formula is C33H29FN6O3S2. The van der Waals surface area contributed by atoms with Crippen molar-refractivity contribution < 1.29 is 18.7 Å². The van der Waals surface area contributed by atoms with Crippen molar-refractivity contribution in [1.82, 2.24) is 25.1 Å². The van der Waals surface area contributed by atoms with E-state index in [1.165, 1.54) is 23.9 Å². The lowest BCUT2D eigenvalue weighted by Crippen LogP contribution is -2.29. The van der Waals surface area contributed by atoms with E-state index in [0.717, 1.165) is 21.7 Å². The molecule has 3 heterocycles. The highest BCUT2D eigenvalue weighted by atomic mass is 32.2. The van der Waals surface area contributed by atoms with E-state index in [0.29, 0.717) is 28.8 Å². The van der Waals surface area contributed by atoms with E-state index in [9.17, 15) is 14.0 Å². The van der Waals surface area contributed by atoms with E-state index < -0.39 is 0 Å². The molecule has 0 radical (unpaired) electrons. The van der Waals surface area contributed by atoms with Gasteiger partial charge in [0.05, 0.1) is 28.9 Å². The number of hydrogen-bond acceptors (Lipinski definition) is 8. The molecule has 3 aromatic carbocycles. The van der Waals surface area contributed by atoms with Gasteiger partial charge in [0, 0.05) is 12.1 Å². The predicted molar refractivity (Wildman–Crippen MR) is 172 cm³/mol. The van der Waals surface area contributed by atoms with Gasteiger partial charge in [0.1, 0.15) is 11.6 Å². The smallest absolute Gasteiger partial charge is 0.258 e. The molecule has 0 spiro atoms. The number of hydrogen-bond donors (Lipinski definition) is 1. The molecule has 228 valence electrons. The first-order chi connectivity index (χ1) is 21.9. The monoisotopic (exact) mass is 640 g/mol. The molecule has 1 N–H and O–H groups in total. The molecule has 0 bridgehead atoms. The summed E-state index contributed by atoms with van der Waals surface area (Å²) in [5, 5.41) is 20.2. The average Bonchev–Trinajstić information content (AvgIpc) is 3.83. The van der Waals surface area contributed by atoms with E-state index in [1.54, 1.807) is 45.2 Å². The highest BCUT2D eigenvalue weighted by molar-refractivity contribution is 7.99. The molecular weight excluding hydrogens is 612 g/mol. The first kappa shape index (κ1) is 30.2. The van der Waals surface area contributed by atoms with Crippen LogP contribution in [0.2, 0.25) is 0 Å². The first-order valence-electron chi connectivity index (χ1n) is 14.2. The maximum absolute atomic E-state index is 13.8. The van der Waals surface area contributed by atoms with Gasteiger partial charge in [-0.1, -0.05) is 65.9 Å². The number of thiophene rings is 1. The summed E-state index contributed by atoms with van der Waals surface area (Å²) in [6, 6.07) is 26.8. The maximum Gasteiger partial charge on any atom is 0.258 e. The van der Waals surface area contributed by atoms with Gasteiger partial charge in [-0.25, -0.2) is 9.40 Å². The van der Waals surface area contributed by atoms with Gasteiger partial charge in [-0.05, 0) is 60.3 Å². The van der Waals surface area contributed by atoms with Crippen LogP contribution in [0.4, 0.5) is 4.39 Å². The summed E-state index contributed by atoms with van der Waals surface area (Å²) in [5.74, 6) is 0.132. The fraction of sp³-hybridized carbons (Fsp3) is 0.182. The van der Waals surface area contributed by atoms with E-state index in [4.69, 9.17) is 9.84 Å². The fourth-order valence-electron chi connectivity index (χ4n) is 4.82. The van der Waals surface area contributed by atoms with Gasteiger partial charge >= 0.3 is 0 Å². The van der Waals surface area contributed by atoms with Crippen LogP contribution in [0.25, 0.3) is 5.69 Å². The summed E-state index contributed by atoms with van der Waals surface area (Å²) < 4.78 is 21.0. The van der Waals surface area contributed by atoms with Crippen LogP contribution in [0, 0.1) is 12.7 Å². The highest BCUT2D eigenvalue weighted by Gasteiger charge is 2.33. The van der Waals surface area contributed by atoms with Crippen LogP contribution >= 0.6 is 23.1 Å². The molecule has 1 aliphatic rings. The van der Waals surface area contributed by atoms with Gasteiger partial charge in [0.25, 0.3) is 11.8 Å². The second-order valence-electron chi connectivity index (χ2n) is 10.3. The zero-order valence-electron chi connectivity index (χ0n) is 24.3. The molecule has 12 heteroatoms. The van der Waals surface area contributed by atoms with Crippen LogP contribution in [0.15, 0.2) is 107 Å². The number of rotatable bonds is 11. The van der Waals surface area contributed by atoms with Crippen LogP contribution in [0.5, 0.6) is 5.75 Å². The Balaban J connectivity index is 1.18. The van der Waals surface area contributed by atoms with Crippen LogP contribution < -0.4 is 10.1 Å². The fourth-order valence-corrected chi connectivity index (χ4v) is 6.37. The minimum absolute atomic E-state index is 0.0418. The summed E-state index contributed by atoms with van der Waals surface area (Å²) in [7, 11) is 0. The van der Waals surface area contributed by atoms with Crippen molar-refractivity contribution in [2.75, 3.05) is 12.4 Å². The number of carbonyl (C=O) groups excluding carboxylic acids is 2. The SMILES string of the molecule is Cc1ccc([C@@H]2CC(c3cccs3)=NN2C(=O)CSc2nnc(CNC(=O)COc3ccccc3)n2-c2ccc(F)cc2)cc1. The van der Waals surface area contributed by atoms with E-state index in [-0.39, 0.29) is 42.6 Å². The number of nitrogens with zero attached hydrogens (tertiary/aromatic N) is 5. The van der Waals surface area contributed by atoms with Gasteiger partial charge in [0.15, 0.2) is 17.6 Å². The third-order valence-corrected chi connectivity index (χ3v) is 8.93. The van der Waals surface area contributed by atoms with Crippen molar-refractivity contribution >= 4 is 40.6 Å². The molecule has 9 nitrogen and oxygen atoms in total. The van der Waals surface area contributed by atoms with Gasteiger partial charge in [-0.15, -0.1) is 21.5 Å². The minimum Gasteiger partial charge on any atom is -0.484 e. The van der Waals surface area contributed by atoms with Crippen molar-refractivity contribution in [1.29, 1.82) is 0 Å². The molecule has 0 unspecified atom stereocenters. The molecule has 0 saturated carbocycles. The Morgan fingerprint density at radius 1 is 1.00 bits per heavy atom. The van der Waals surface area contributed by atoms with Crippen molar-refractivity contribution in [3.63, 3.8) is 0 Å². The van der Waals surface area contributed by atoms with Crippen molar-refractivity contribution in [2.24, 2.45) is 5.10 Å². The number of carbonyl (C=O) groups is 2. The Morgan fingerprint density at radius 3 is 2.51 bits per heavy atom. The Hall–Kier alpha value is -4.81. The van der Waals surface area contributed by atoms with Crippen molar-refractivity contribution in [3.8, 4) is 11.4 Å². The molecule has 0 saturated heterocycles. The molecule has 0 aliphatic carbocycles. The Kier molecular flexibility index (Phi) is 9.32. The van der Waals surface area contributed by atoms with E-state index in [1.807, 2.05) is 66.9 Å². The Morgan fingerprint density at radius 2 is 1.78 bits per heavy atom. The summed E-state index contributed by atoms with van der Waals surface area (Å²) in [6.07, 6.45) is 0.615. The van der Waals surface area contributed by atoms with Gasteiger partial charge in [-0.2, -0.15) is 5.10 Å². The summed E-state index contributed by atoms with van der Waals surface area (Å²) in [4.78, 5) is 27.3. The summed E-state index contributed by atoms with van der Waals surface area (Å²) in [6.45, 7) is 1.91. The molecule has 0 fully saturated rings. The zero-order valence-corrected chi connectivity index (χ0v) is 25.9. The average molecular weight is 641 g/mol. The first-order valence-corrected chi connectivity index (χ1v) is 16.1. The molecule has 2 amide bonds. The molecule has 1 aliphatic heterocycles. The molecule has 5 aromatic rings. The summed E-state index contributed by atoms with van der Waals surface area (Å²) >= 11 is 2.80. The third-order valence-electron chi connectivity index (χ3n) is 7.10. The lowest BCUT2D eigenvalue weighted by atomic mass is 10.00. The maximum atomic E-state index is 13.8.